The van der Waals surface area contributed by atoms with Crippen molar-refractivity contribution in [2.45, 2.75) is 32.2 Å². The molecule has 0 spiro atoms. The van der Waals surface area contributed by atoms with Gasteiger partial charge in [0.1, 0.15) is 23.3 Å². The smallest absolute Gasteiger partial charge is 0.258 e. The maximum absolute atomic E-state index is 13.3. The molecule has 8 heteroatoms. The molecule has 0 N–H and O–H groups in total. The summed E-state index contributed by atoms with van der Waals surface area (Å²) in [5.41, 5.74) is 1.62. The number of methoxy groups -OCH3 is 2. The second-order valence-electron chi connectivity index (χ2n) is 7.69. The SMILES string of the molecule is COc1ccc(C(=O)N2CCCC2c2nc(CCOc3cccc(C)c3)no2)c(OC)c1. The minimum absolute atomic E-state index is 0.130. The van der Waals surface area contributed by atoms with E-state index in [4.69, 9.17) is 18.7 Å². The highest BCUT2D eigenvalue weighted by Gasteiger charge is 2.35. The van der Waals surface area contributed by atoms with Crippen LogP contribution in [0.15, 0.2) is 47.0 Å². The molecule has 0 aliphatic carbocycles. The summed E-state index contributed by atoms with van der Waals surface area (Å²) >= 11 is 0. The first-order valence-electron chi connectivity index (χ1n) is 10.6. The lowest BCUT2D eigenvalue weighted by Gasteiger charge is -2.23. The Balaban J connectivity index is 1.42. The molecule has 1 saturated heterocycles. The van der Waals surface area contributed by atoms with Crippen LogP contribution < -0.4 is 14.2 Å². The number of carbonyl (C=O) groups is 1. The van der Waals surface area contributed by atoms with Crippen molar-refractivity contribution in [1.82, 2.24) is 15.0 Å². The van der Waals surface area contributed by atoms with Gasteiger partial charge in [-0.15, -0.1) is 0 Å². The van der Waals surface area contributed by atoms with Crippen molar-refractivity contribution >= 4 is 5.91 Å². The fourth-order valence-electron chi connectivity index (χ4n) is 3.87. The van der Waals surface area contributed by atoms with Crippen molar-refractivity contribution in [2.75, 3.05) is 27.4 Å². The number of ether oxygens (including phenoxy) is 3. The molecule has 0 bridgehead atoms. The van der Waals surface area contributed by atoms with Crippen LogP contribution in [-0.4, -0.2) is 48.3 Å². The fourth-order valence-corrected chi connectivity index (χ4v) is 3.87. The lowest BCUT2D eigenvalue weighted by molar-refractivity contribution is 0.0706. The molecule has 1 aliphatic heterocycles. The molecule has 0 saturated carbocycles. The molecule has 1 aliphatic rings. The summed E-state index contributed by atoms with van der Waals surface area (Å²) in [5, 5.41) is 4.09. The second kappa shape index (κ2) is 9.72. The van der Waals surface area contributed by atoms with Crippen LogP contribution in [0.5, 0.6) is 17.2 Å². The first-order valence-corrected chi connectivity index (χ1v) is 10.6. The lowest BCUT2D eigenvalue weighted by Crippen LogP contribution is -2.31. The van der Waals surface area contributed by atoms with Crippen molar-refractivity contribution in [3.05, 3.63) is 65.3 Å². The number of hydrogen-bond donors (Lipinski definition) is 0. The molecule has 4 rings (SSSR count). The maximum Gasteiger partial charge on any atom is 0.258 e. The van der Waals surface area contributed by atoms with E-state index in [0.717, 1.165) is 24.2 Å². The Labute approximate surface area is 187 Å². The number of likely N-dealkylation sites (tertiary alicyclic amines) is 1. The number of aryl methyl sites for hydroxylation is 1. The number of benzene rings is 2. The Morgan fingerprint density at radius 3 is 2.81 bits per heavy atom. The van der Waals surface area contributed by atoms with Crippen molar-refractivity contribution < 1.29 is 23.5 Å². The van der Waals surface area contributed by atoms with Crippen LogP contribution in [0, 0.1) is 6.92 Å². The fraction of sp³-hybridized carbons (Fsp3) is 0.375. The summed E-state index contributed by atoms with van der Waals surface area (Å²) in [5.74, 6) is 2.80. The number of hydrogen-bond acceptors (Lipinski definition) is 7. The predicted molar refractivity (Wildman–Crippen MR) is 117 cm³/mol. The number of carbonyl (C=O) groups excluding carboxylic acids is 1. The quantitative estimate of drug-likeness (QED) is 0.526. The van der Waals surface area contributed by atoms with Gasteiger partial charge in [0.25, 0.3) is 5.91 Å². The predicted octanol–water partition coefficient (Wildman–Crippen LogP) is 3.99. The largest absolute Gasteiger partial charge is 0.497 e. The summed E-state index contributed by atoms with van der Waals surface area (Å²) in [6.07, 6.45) is 2.15. The van der Waals surface area contributed by atoms with Gasteiger partial charge in [-0.25, -0.2) is 0 Å². The van der Waals surface area contributed by atoms with Crippen LogP contribution in [0.25, 0.3) is 0 Å². The lowest BCUT2D eigenvalue weighted by atomic mass is 10.1. The molecule has 1 atom stereocenters. The average Bonchev–Trinajstić information content (AvgIpc) is 3.48. The van der Waals surface area contributed by atoms with Crippen LogP contribution in [0.1, 0.15) is 46.5 Å². The van der Waals surface area contributed by atoms with E-state index < -0.39 is 0 Å². The maximum atomic E-state index is 13.3. The number of amides is 1. The van der Waals surface area contributed by atoms with E-state index in [1.165, 1.54) is 7.11 Å². The van der Waals surface area contributed by atoms with Gasteiger partial charge in [0.05, 0.1) is 26.4 Å². The van der Waals surface area contributed by atoms with Crippen LogP contribution in [-0.2, 0) is 6.42 Å². The highest BCUT2D eigenvalue weighted by Crippen LogP contribution is 2.34. The van der Waals surface area contributed by atoms with Gasteiger partial charge in [0, 0.05) is 19.0 Å². The number of rotatable bonds is 8. The van der Waals surface area contributed by atoms with Crippen LogP contribution in [0.2, 0.25) is 0 Å². The highest BCUT2D eigenvalue weighted by molar-refractivity contribution is 5.97. The molecule has 3 aromatic rings. The van der Waals surface area contributed by atoms with E-state index in [1.807, 2.05) is 31.2 Å². The summed E-state index contributed by atoms with van der Waals surface area (Å²) in [4.78, 5) is 19.6. The molecule has 2 aromatic carbocycles. The molecule has 1 fully saturated rings. The van der Waals surface area contributed by atoms with Crippen molar-refractivity contribution in [3.8, 4) is 17.2 Å². The van der Waals surface area contributed by atoms with Gasteiger partial charge in [0.15, 0.2) is 5.82 Å². The summed E-state index contributed by atoms with van der Waals surface area (Å²) in [6, 6.07) is 12.8. The van der Waals surface area contributed by atoms with Gasteiger partial charge < -0.3 is 23.6 Å². The first kappa shape index (κ1) is 21.7. The average molecular weight is 437 g/mol. The van der Waals surface area contributed by atoms with Crippen LogP contribution in [0.4, 0.5) is 0 Å². The van der Waals surface area contributed by atoms with E-state index in [1.54, 1.807) is 30.2 Å². The van der Waals surface area contributed by atoms with Gasteiger partial charge in [-0.1, -0.05) is 17.3 Å². The monoisotopic (exact) mass is 437 g/mol. The molecule has 1 unspecified atom stereocenters. The molecule has 2 heterocycles. The topological polar surface area (TPSA) is 86.9 Å². The third kappa shape index (κ3) is 4.69. The Hall–Kier alpha value is -3.55. The standard InChI is InChI=1S/C24H27N3O5/c1-16-6-4-7-18(14-16)31-13-11-22-25-23(32-26-22)20-8-5-12-27(20)24(28)19-10-9-17(29-2)15-21(19)30-3/h4,6-7,9-10,14-15,20H,5,8,11-13H2,1-3H3. The molecular weight excluding hydrogens is 410 g/mol. The second-order valence-corrected chi connectivity index (χ2v) is 7.69. The number of nitrogens with zero attached hydrogens (tertiary/aromatic N) is 3. The zero-order valence-corrected chi connectivity index (χ0v) is 18.5. The van der Waals surface area contributed by atoms with Crippen LogP contribution in [0.3, 0.4) is 0 Å². The van der Waals surface area contributed by atoms with Gasteiger partial charge in [0.2, 0.25) is 5.89 Å². The zero-order valence-electron chi connectivity index (χ0n) is 18.5. The molecule has 8 nitrogen and oxygen atoms in total. The summed E-state index contributed by atoms with van der Waals surface area (Å²) in [6.45, 7) is 3.08. The van der Waals surface area contributed by atoms with Crippen molar-refractivity contribution in [3.63, 3.8) is 0 Å². The highest BCUT2D eigenvalue weighted by atomic mass is 16.5. The minimum Gasteiger partial charge on any atom is -0.497 e. The van der Waals surface area contributed by atoms with Gasteiger partial charge in [-0.05, 0) is 49.6 Å². The molecule has 168 valence electrons. The zero-order chi connectivity index (χ0) is 22.5. The Morgan fingerprint density at radius 1 is 1.16 bits per heavy atom. The van der Waals surface area contributed by atoms with Gasteiger partial charge in [-0.3, -0.25) is 4.79 Å². The Bertz CT molecular complexity index is 1080. The van der Waals surface area contributed by atoms with E-state index in [0.29, 0.717) is 48.4 Å². The van der Waals surface area contributed by atoms with Crippen molar-refractivity contribution in [2.24, 2.45) is 0 Å². The third-order valence-electron chi connectivity index (χ3n) is 5.51. The molecule has 32 heavy (non-hydrogen) atoms. The van der Waals surface area contributed by atoms with E-state index in [9.17, 15) is 4.79 Å². The van der Waals surface area contributed by atoms with Crippen molar-refractivity contribution in [1.29, 1.82) is 0 Å². The van der Waals surface area contributed by atoms with Gasteiger partial charge in [-0.2, -0.15) is 4.98 Å². The normalized spacial score (nSPS) is 15.6. The molecule has 0 radical (unpaired) electrons. The number of aromatic nitrogens is 2. The van der Waals surface area contributed by atoms with Gasteiger partial charge >= 0.3 is 0 Å². The van der Waals surface area contributed by atoms with E-state index in [2.05, 4.69) is 10.1 Å². The third-order valence-corrected chi connectivity index (χ3v) is 5.51. The minimum atomic E-state index is -0.256. The first-order chi connectivity index (χ1) is 15.6. The molecular formula is C24H27N3O5. The van der Waals surface area contributed by atoms with E-state index >= 15 is 0 Å². The Kier molecular flexibility index (Phi) is 6.58. The van der Waals surface area contributed by atoms with Crippen LogP contribution >= 0.6 is 0 Å². The van der Waals surface area contributed by atoms with E-state index in [-0.39, 0.29) is 11.9 Å². The molecule has 1 aromatic heterocycles. The summed E-state index contributed by atoms with van der Waals surface area (Å²) in [7, 11) is 3.11. The summed E-state index contributed by atoms with van der Waals surface area (Å²) < 4.78 is 21.9. The molecule has 1 amide bonds. The Morgan fingerprint density at radius 2 is 2.03 bits per heavy atom.